The number of likely N-dealkylation sites (N-methyl/N-ethyl adjacent to an activating group) is 1. The topological polar surface area (TPSA) is 55.8 Å². The molecular weight excluding hydrogens is 413 g/mol. The van der Waals surface area contributed by atoms with Crippen LogP contribution in [-0.2, 0) is 4.79 Å². The molecule has 0 bridgehead atoms. The Morgan fingerprint density at radius 3 is 2.59 bits per heavy atom. The van der Waals surface area contributed by atoms with Gasteiger partial charge in [-0.25, -0.2) is 0 Å². The average molecular weight is 432 g/mol. The molecule has 1 aliphatic heterocycles. The van der Waals surface area contributed by atoms with Crippen LogP contribution >= 0.6 is 23.2 Å². The van der Waals surface area contributed by atoms with E-state index in [-0.39, 0.29) is 18.3 Å². The first kappa shape index (κ1) is 21.0. The number of hydrogen-bond donors (Lipinski definition) is 0. The van der Waals surface area contributed by atoms with E-state index in [0.717, 1.165) is 11.1 Å². The van der Waals surface area contributed by atoms with Crippen molar-refractivity contribution >= 4 is 41.0 Å². The summed E-state index contributed by atoms with van der Waals surface area (Å²) >= 11 is 12.2. The van der Waals surface area contributed by atoms with Crippen molar-refractivity contribution in [2.24, 2.45) is 0 Å². The lowest BCUT2D eigenvalue weighted by Gasteiger charge is -2.17. The first-order chi connectivity index (χ1) is 13.8. The Bertz CT molecular complexity index is 995. The first-order valence-electron chi connectivity index (χ1n) is 8.81. The van der Waals surface area contributed by atoms with Crippen LogP contribution in [0.2, 0.25) is 10.0 Å². The summed E-state index contributed by atoms with van der Waals surface area (Å²) in [6.45, 7) is 0.259. The van der Waals surface area contributed by atoms with Crippen molar-refractivity contribution in [2.45, 2.75) is 0 Å². The van der Waals surface area contributed by atoms with Gasteiger partial charge in [-0.15, -0.1) is 0 Å². The molecule has 0 atom stereocenters. The molecule has 0 aromatic heterocycles. The molecule has 2 aromatic carbocycles. The van der Waals surface area contributed by atoms with E-state index in [2.05, 4.69) is 0 Å². The Kier molecular flexibility index (Phi) is 6.62. The van der Waals surface area contributed by atoms with Gasteiger partial charge in [-0.05, 0) is 54.1 Å². The lowest BCUT2D eigenvalue weighted by Crippen LogP contribution is -2.27. The number of carbonyl (C=O) groups is 2. The van der Waals surface area contributed by atoms with Crippen LogP contribution in [0.15, 0.2) is 54.1 Å². The van der Waals surface area contributed by atoms with Crippen LogP contribution in [0.1, 0.15) is 15.9 Å². The molecule has 29 heavy (non-hydrogen) atoms. The Labute approximate surface area is 179 Å². The third-order valence-corrected chi connectivity index (χ3v) is 4.71. The summed E-state index contributed by atoms with van der Waals surface area (Å²) in [5.74, 6) is 0.814. The normalized spacial score (nSPS) is 12.8. The summed E-state index contributed by atoms with van der Waals surface area (Å²) < 4.78 is 11.1. The Hall–Kier alpha value is -2.76. The minimum Gasteiger partial charge on any atom is -0.487 e. The molecule has 0 spiro atoms. The van der Waals surface area contributed by atoms with Gasteiger partial charge in [0.25, 0.3) is 5.91 Å². The fourth-order valence-corrected chi connectivity index (χ4v) is 3.17. The van der Waals surface area contributed by atoms with Crippen LogP contribution in [0, 0.1) is 0 Å². The van der Waals surface area contributed by atoms with Crippen molar-refractivity contribution in [2.75, 3.05) is 27.3 Å². The second-order valence-electron chi connectivity index (χ2n) is 6.61. The first-order valence-corrected chi connectivity index (χ1v) is 9.57. The molecule has 5 nitrogen and oxygen atoms in total. The van der Waals surface area contributed by atoms with E-state index in [0.29, 0.717) is 33.7 Å². The number of nitrogens with zero attached hydrogens (tertiary/aromatic N) is 1. The van der Waals surface area contributed by atoms with Gasteiger partial charge in [0.15, 0.2) is 12.4 Å². The fraction of sp³-hybridized carbons (Fsp3) is 0.182. The smallest absolute Gasteiger partial charge is 0.259 e. The summed E-state index contributed by atoms with van der Waals surface area (Å²) in [4.78, 5) is 25.4. The number of ether oxygens (including phenoxy) is 2. The molecule has 150 valence electrons. The van der Waals surface area contributed by atoms with E-state index < -0.39 is 0 Å². The number of ketones is 1. The van der Waals surface area contributed by atoms with Crippen LogP contribution in [0.3, 0.4) is 0 Å². The zero-order valence-electron chi connectivity index (χ0n) is 15.9. The summed E-state index contributed by atoms with van der Waals surface area (Å²) in [7, 11) is 3.32. The van der Waals surface area contributed by atoms with Crippen LogP contribution in [0.4, 0.5) is 0 Å². The van der Waals surface area contributed by atoms with Gasteiger partial charge in [0.1, 0.15) is 18.1 Å². The second kappa shape index (κ2) is 9.16. The van der Waals surface area contributed by atoms with Gasteiger partial charge < -0.3 is 14.4 Å². The van der Waals surface area contributed by atoms with Crippen molar-refractivity contribution in [3.63, 3.8) is 0 Å². The lowest BCUT2D eigenvalue weighted by molar-refractivity contribution is -0.130. The number of fused-ring (bicyclic) bond motifs is 1. The molecule has 0 saturated carbocycles. The van der Waals surface area contributed by atoms with E-state index in [1.807, 2.05) is 6.08 Å². The van der Waals surface area contributed by atoms with E-state index >= 15 is 0 Å². The average Bonchev–Trinajstić information content (AvgIpc) is 2.70. The van der Waals surface area contributed by atoms with Gasteiger partial charge in [0.2, 0.25) is 0 Å². The van der Waals surface area contributed by atoms with E-state index in [4.69, 9.17) is 32.7 Å². The maximum atomic E-state index is 12.4. The molecule has 0 N–H and O–H groups in total. The molecule has 0 fully saturated rings. The highest BCUT2D eigenvalue weighted by molar-refractivity contribution is 6.36. The summed E-state index contributed by atoms with van der Waals surface area (Å²) in [6.07, 6.45) is 5.08. The van der Waals surface area contributed by atoms with Crippen LogP contribution in [-0.4, -0.2) is 43.9 Å². The zero-order chi connectivity index (χ0) is 21.0. The molecule has 1 heterocycles. The summed E-state index contributed by atoms with van der Waals surface area (Å²) in [5.41, 5.74) is 2.11. The predicted molar refractivity (Wildman–Crippen MR) is 114 cm³/mol. The predicted octanol–water partition coefficient (Wildman–Crippen LogP) is 4.68. The molecule has 0 aliphatic carbocycles. The van der Waals surface area contributed by atoms with Crippen molar-refractivity contribution in [3.8, 4) is 11.5 Å². The van der Waals surface area contributed by atoms with Gasteiger partial charge in [-0.2, -0.15) is 0 Å². The largest absolute Gasteiger partial charge is 0.487 e. The lowest BCUT2D eigenvalue weighted by atomic mass is 10.1. The standard InChI is InChI=1S/C22H19Cl2NO4/c1-25(2)21(27)13-28-18-6-4-15(5-7-18)20(26)8-3-14-9-16-10-17(23)11-19(24)22(16)29-12-14/h3-11H,12-13H2,1-2H3. The second-order valence-corrected chi connectivity index (χ2v) is 7.46. The summed E-state index contributed by atoms with van der Waals surface area (Å²) in [6, 6.07) is 10.0. The SMILES string of the molecule is CN(C)C(=O)COc1ccc(C(=O)C=CC2=Cc3cc(Cl)cc(Cl)c3OC2)cc1. The van der Waals surface area contributed by atoms with Crippen molar-refractivity contribution in [3.05, 3.63) is 75.3 Å². The molecule has 3 rings (SSSR count). The number of rotatable bonds is 6. The number of hydrogen-bond acceptors (Lipinski definition) is 4. The minimum atomic E-state index is -0.156. The Morgan fingerprint density at radius 2 is 1.90 bits per heavy atom. The maximum Gasteiger partial charge on any atom is 0.259 e. The van der Waals surface area contributed by atoms with Gasteiger partial charge in [-0.3, -0.25) is 9.59 Å². The van der Waals surface area contributed by atoms with Crippen molar-refractivity contribution < 1.29 is 19.1 Å². The number of carbonyl (C=O) groups excluding carboxylic acids is 2. The fourth-order valence-electron chi connectivity index (χ4n) is 2.60. The van der Waals surface area contributed by atoms with E-state index in [9.17, 15) is 9.59 Å². The van der Waals surface area contributed by atoms with Crippen LogP contribution in [0.25, 0.3) is 6.08 Å². The number of amides is 1. The highest BCUT2D eigenvalue weighted by atomic mass is 35.5. The molecule has 0 radical (unpaired) electrons. The zero-order valence-corrected chi connectivity index (χ0v) is 17.5. The van der Waals surface area contributed by atoms with E-state index in [1.165, 1.54) is 11.0 Å². The van der Waals surface area contributed by atoms with Gasteiger partial charge in [-0.1, -0.05) is 29.3 Å². The van der Waals surface area contributed by atoms with Crippen molar-refractivity contribution in [1.29, 1.82) is 0 Å². The third kappa shape index (κ3) is 5.40. The molecule has 2 aromatic rings. The molecule has 0 unspecified atom stereocenters. The van der Waals surface area contributed by atoms with Gasteiger partial charge >= 0.3 is 0 Å². The number of halogens is 2. The van der Waals surface area contributed by atoms with Crippen LogP contribution in [0.5, 0.6) is 11.5 Å². The molecular formula is C22H19Cl2NO4. The van der Waals surface area contributed by atoms with Crippen molar-refractivity contribution in [1.82, 2.24) is 4.90 Å². The quantitative estimate of drug-likeness (QED) is 0.492. The molecule has 1 aliphatic rings. The third-order valence-electron chi connectivity index (χ3n) is 4.21. The molecule has 7 heteroatoms. The Balaban J connectivity index is 1.65. The highest BCUT2D eigenvalue weighted by Crippen LogP contribution is 2.36. The Morgan fingerprint density at radius 1 is 1.17 bits per heavy atom. The molecule has 1 amide bonds. The van der Waals surface area contributed by atoms with Gasteiger partial charge in [0, 0.05) is 30.2 Å². The number of allylic oxidation sites excluding steroid dienone is 1. The van der Waals surface area contributed by atoms with Gasteiger partial charge in [0.05, 0.1) is 5.02 Å². The number of benzene rings is 2. The monoisotopic (exact) mass is 431 g/mol. The minimum absolute atomic E-state index is 0.0517. The maximum absolute atomic E-state index is 12.4. The van der Waals surface area contributed by atoms with Crippen LogP contribution < -0.4 is 9.47 Å². The highest BCUT2D eigenvalue weighted by Gasteiger charge is 2.15. The molecule has 0 saturated heterocycles. The summed E-state index contributed by atoms with van der Waals surface area (Å²) in [5, 5.41) is 0.974. The van der Waals surface area contributed by atoms with E-state index in [1.54, 1.807) is 56.6 Å².